The Bertz CT molecular complexity index is 392. The number of hydrogen-bond acceptors (Lipinski definition) is 1. The van der Waals surface area contributed by atoms with Gasteiger partial charge in [-0.3, -0.25) is 0 Å². The summed E-state index contributed by atoms with van der Waals surface area (Å²) in [5.41, 5.74) is 2.41. The Morgan fingerprint density at radius 2 is 2.27 bits per heavy atom. The summed E-state index contributed by atoms with van der Waals surface area (Å²) in [6, 6.07) is 6.20. The van der Waals surface area contributed by atoms with Gasteiger partial charge in [0.25, 0.3) is 0 Å². The Labute approximate surface area is 78.4 Å². The molecule has 0 spiro atoms. The van der Waals surface area contributed by atoms with Crippen molar-refractivity contribution in [2.75, 3.05) is 0 Å². The van der Waals surface area contributed by atoms with E-state index < -0.39 is 0 Å². The lowest BCUT2D eigenvalue weighted by molar-refractivity contribution is 1.07. The Kier molecular flexibility index (Phi) is 1.60. The molecule has 2 heterocycles. The third-order valence-electron chi connectivity index (χ3n) is 1.73. The van der Waals surface area contributed by atoms with Crippen molar-refractivity contribution < 1.29 is 0 Å². The lowest BCUT2D eigenvalue weighted by Crippen LogP contribution is -1.86. The number of pyridine rings is 1. The largest absolute Gasteiger partial charge is 0.302 e. The van der Waals surface area contributed by atoms with Crippen LogP contribution in [0.5, 0.6) is 0 Å². The van der Waals surface area contributed by atoms with E-state index in [2.05, 4.69) is 57.1 Å². The molecule has 2 aromatic heterocycles. The van der Waals surface area contributed by atoms with E-state index in [1.54, 1.807) is 0 Å². The molecule has 0 aromatic carbocycles. The first-order valence-corrected chi connectivity index (χ1v) is 4.45. The van der Waals surface area contributed by atoms with Gasteiger partial charge in [-0.25, -0.2) is 4.98 Å². The highest BCUT2D eigenvalue weighted by molar-refractivity contribution is 14.1. The van der Waals surface area contributed by atoms with Gasteiger partial charge in [-0.1, -0.05) is 6.07 Å². The number of aromatic nitrogens is 2. The second-order valence-electron chi connectivity index (χ2n) is 2.46. The zero-order valence-corrected chi connectivity index (χ0v) is 8.24. The van der Waals surface area contributed by atoms with E-state index in [1.165, 1.54) is 11.2 Å². The fraction of sp³-hybridized carbons (Fsp3) is 0.125. The number of aryl methyl sites for hydroxylation is 1. The average molecular weight is 258 g/mol. The van der Waals surface area contributed by atoms with Crippen molar-refractivity contribution in [3.05, 3.63) is 33.9 Å². The fourth-order valence-electron chi connectivity index (χ4n) is 1.13. The molecule has 0 bridgehead atoms. The molecule has 2 rings (SSSR count). The van der Waals surface area contributed by atoms with Crippen molar-refractivity contribution in [1.29, 1.82) is 0 Å². The number of fused-ring (bicyclic) bond motifs is 1. The summed E-state index contributed by atoms with van der Waals surface area (Å²) in [5.74, 6) is 0. The topological polar surface area (TPSA) is 17.3 Å². The van der Waals surface area contributed by atoms with Gasteiger partial charge in [0, 0.05) is 5.69 Å². The standard InChI is InChI=1S/C8H7IN2/c1-6-3-2-4-7-8(9)10-5-11(6)7/h2-5H,1H3. The minimum absolute atomic E-state index is 1.06. The minimum Gasteiger partial charge on any atom is -0.302 e. The molecule has 0 unspecified atom stereocenters. The van der Waals surface area contributed by atoms with Crippen LogP contribution in [0.4, 0.5) is 0 Å². The maximum absolute atomic E-state index is 4.21. The van der Waals surface area contributed by atoms with Crippen LogP contribution in [0.15, 0.2) is 24.5 Å². The van der Waals surface area contributed by atoms with Crippen molar-refractivity contribution in [1.82, 2.24) is 9.38 Å². The highest BCUT2D eigenvalue weighted by atomic mass is 127. The van der Waals surface area contributed by atoms with Gasteiger partial charge >= 0.3 is 0 Å². The Morgan fingerprint density at radius 3 is 3.00 bits per heavy atom. The molecule has 0 fully saturated rings. The van der Waals surface area contributed by atoms with Crippen LogP contribution in [0.3, 0.4) is 0 Å². The third-order valence-corrected chi connectivity index (χ3v) is 2.56. The van der Waals surface area contributed by atoms with Gasteiger partial charge < -0.3 is 4.40 Å². The second kappa shape index (κ2) is 2.48. The molecule has 2 nitrogen and oxygen atoms in total. The molecular weight excluding hydrogens is 251 g/mol. The van der Waals surface area contributed by atoms with Crippen LogP contribution < -0.4 is 0 Å². The molecule has 3 heteroatoms. The number of hydrogen-bond donors (Lipinski definition) is 0. The summed E-state index contributed by atoms with van der Waals surface area (Å²) in [6.45, 7) is 2.07. The van der Waals surface area contributed by atoms with E-state index in [4.69, 9.17) is 0 Å². The van der Waals surface area contributed by atoms with Crippen LogP contribution in [0.1, 0.15) is 5.69 Å². The zero-order valence-electron chi connectivity index (χ0n) is 6.08. The third kappa shape index (κ3) is 1.03. The molecule has 11 heavy (non-hydrogen) atoms. The molecule has 0 aliphatic rings. The molecule has 2 aromatic rings. The van der Waals surface area contributed by atoms with E-state index in [9.17, 15) is 0 Å². The summed E-state index contributed by atoms with van der Waals surface area (Å²) in [4.78, 5) is 4.21. The number of rotatable bonds is 0. The quantitative estimate of drug-likeness (QED) is 0.662. The highest BCUT2D eigenvalue weighted by Gasteiger charge is 1.99. The van der Waals surface area contributed by atoms with Gasteiger partial charge in [-0.2, -0.15) is 0 Å². The Balaban J connectivity index is 2.94. The van der Waals surface area contributed by atoms with Crippen LogP contribution in [0.2, 0.25) is 0 Å². The molecular formula is C8H7IN2. The maximum Gasteiger partial charge on any atom is 0.127 e. The van der Waals surface area contributed by atoms with Gasteiger partial charge in [-0.05, 0) is 41.6 Å². The van der Waals surface area contributed by atoms with E-state index in [1.807, 2.05) is 6.33 Å². The molecule has 0 amide bonds. The molecule has 0 N–H and O–H groups in total. The first-order valence-electron chi connectivity index (χ1n) is 3.37. The van der Waals surface area contributed by atoms with Gasteiger partial charge in [0.15, 0.2) is 0 Å². The van der Waals surface area contributed by atoms with Crippen molar-refractivity contribution in [2.45, 2.75) is 6.92 Å². The lowest BCUT2D eigenvalue weighted by atomic mass is 10.3. The Hall–Kier alpha value is -0.580. The number of halogens is 1. The van der Waals surface area contributed by atoms with Gasteiger partial charge in [0.1, 0.15) is 10.0 Å². The number of nitrogens with zero attached hydrogens (tertiary/aromatic N) is 2. The summed E-state index contributed by atoms with van der Waals surface area (Å²) in [6.07, 6.45) is 1.85. The molecule has 56 valence electrons. The van der Waals surface area contributed by atoms with E-state index in [0.29, 0.717) is 0 Å². The molecule has 0 radical (unpaired) electrons. The number of imidazole rings is 1. The van der Waals surface area contributed by atoms with Crippen molar-refractivity contribution in [3.63, 3.8) is 0 Å². The average Bonchev–Trinajstić information content (AvgIpc) is 2.35. The van der Waals surface area contributed by atoms with Gasteiger partial charge in [0.05, 0.1) is 5.52 Å². The monoisotopic (exact) mass is 258 g/mol. The molecule has 0 saturated heterocycles. The van der Waals surface area contributed by atoms with Crippen molar-refractivity contribution in [2.24, 2.45) is 0 Å². The van der Waals surface area contributed by atoms with Gasteiger partial charge in [0.2, 0.25) is 0 Å². The maximum atomic E-state index is 4.21. The van der Waals surface area contributed by atoms with E-state index in [0.717, 1.165) is 3.70 Å². The Morgan fingerprint density at radius 1 is 1.45 bits per heavy atom. The molecule has 0 aliphatic heterocycles. The van der Waals surface area contributed by atoms with Gasteiger partial charge in [-0.15, -0.1) is 0 Å². The van der Waals surface area contributed by atoms with Crippen LogP contribution in [-0.2, 0) is 0 Å². The van der Waals surface area contributed by atoms with Crippen LogP contribution in [0.25, 0.3) is 5.52 Å². The molecule has 0 aliphatic carbocycles. The van der Waals surface area contributed by atoms with E-state index in [-0.39, 0.29) is 0 Å². The smallest absolute Gasteiger partial charge is 0.127 e. The van der Waals surface area contributed by atoms with Crippen molar-refractivity contribution in [3.8, 4) is 0 Å². The zero-order chi connectivity index (χ0) is 7.84. The normalized spacial score (nSPS) is 10.7. The van der Waals surface area contributed by atoms with E-state index >= 15 is 0 Å². The molecule has 0 atom stereocenters. The molecule has 0 saturated carbocycles. The summed E-state index contributed by atoms with van der Waals surface area (Å²) >= 11 is 2.24. The summed E-state index contributed by atoms with van der Waals surface area (Å²) < 4.78 is 3.15. The second-order valence-corrected chi connectivity index (χ2v) is 3.48. The fourth-order valence-corrected chi connectivity index (χ4v) is 1.69. The van der Waals surface area contributed by atoms with Crippen LogP contribution in [0, 0.1) is 10.6 Å². The lowest BCUT2D eigenvalue weighted by Gasteiger charge is -1.96. The first kappa shape index (κ1) is 7.09. The van der Waals surface area contributed by atoms with Crippen LogP contribution >= 0.6 is 22.6 Å². The highest BCUT2D eigenvalue weighted by Crippen LogP contribution is 2.12. The predicted molar refractivity (Wildman–Crippen MR) is 52.6 cm³/mol. The SMILES string of the molecule is Cc1cccc2c(I)ncn12. The van der Waals surface area contributed by atoms with Crippen LogP contribution in [-0.4, -0.2) is 9.38 Å². The summed E-state index contributed by atoms with van der Waals surface area (Å²) in [7, 11) is 0. The predicted octanol–water partition coefficient (Wildman–Crippen LogP) is 2.25. The summed E-state index contributed by atoms with van der Waals surface area (Å²) in [5, 5.41) is 0. The first-order chi connectivity index (χ1) is 5.29. The minimum atomic E-state index is 1.06. The van der Waals surface area contributed by atoms with Crippen molar-refractivity contribution >= 4 is 28.1 Å².